The molecule has 0 aliphatic rings. The van der Waals surface area contributed by atoms with Gasteiger partial charge in [0, 0.05) is 13.1 Å². The van der Waals surface area contributed by atoms with Crippen LogP contribution in [0, 0.1) is 0 Å². The molecule has 0 amide bonds. The van der Waals surface area contributed by atoms with E-state index in [0.717, 1.165) is 34.6 Å². The van der Waals surface area contributed by atoms with E-state index in [1.165, 1.54) is 0 Å². The second kappa shape index (κ2) is 8.46. The molecule has 1 N–H and O–H groups in total. The molecule has 6 nitrogen and oxygen atoms in total. The Hall–Kier alpha value is -2.16. The molecule has 2 aromatic carbocycles. The molecule has 0 fully saturated rings. The van der Waals surface area contributed by atoms with Crippen LogP contribution in [0.5, 0.6) is 5.75 Å². The van der Waals surface area contributed by atoms with Gasteiger partial charge in [0.2, 0.25) is 10.0 Å². The first-order valence-corrected chi connectivity index (χ1v) is 11.5. The number of hydrogen-bond donors (Lipinski definition) is 1. The molecule has 0 bridgehead atoms. The average Bonchev–Trinajstić information content (AvgIpc) is 2.96. The highest BCUT2D eigenvalue weighted by Gasteiger charge is 2.16. The number of benzene rings is 2. The largest absolute Gasteiger partial charge is 0.491 e. The van der Waals surface area contributed by atoms with Crippen LogP contribution in [0.4, 0.5) is 0 Å². The molecule has 0 saturated carbocycles. The fourth-order valence-corrected chi connectivity index (χ4v) is 4.94. The second-order valence-electron chi connectivity index (χ2n) is 6.78. The summed E-state index contributed by atoms with van der Waals surface area (Å²) < 4.78 is 35.9. The lowest BCUT2D eigenvalue weighted by atomic mass is 10.2. The van der Waals surface area contributed by atoms with Crippen LogP contribution in [0.2, 0.25) is 0 Å². The number of hydrogen-bond acceptors (Lipinski definition) is 5. The van der Waals surface area contributed by atoms with E-state index in [2.05, 4.69) is 4.72 Å². The zero-order valence-electron chi connectivity index (χ0n) is 16.1. The molecule has 0 atom stereocenters. The molecule has 150 valence electrons. The third kappa shape index (κ3) is 4.63. The normalized spacial score (nSPS) is 12.0. The maximum absolute atomic E-state index is 12.7. The highest BCUT2D eigenvalue weighted by molar-refractivity contribution is 7.89. The lowest BCUT2D eigenvalue weighted by Gasteiger charge is -2.11. The Balaban J connectivity index is 1.76. The minimum absolute atomic E-state index is 0.0666. The van der Waals surface area contributed by atoms with Gasteiger partial charge in [-0.3, -0.25) is 9.36 Å². The number of fused-ring (bicyclic) bond motifs is 1. The molecule has 8 heteroatoms. The van der Waals surface area contributed by atoms with Gasteiger partial charge in [0.15, 0.2) is 0 Å². The van der Waals surface area contributed by atoms with Crippen LogP contribution in [0.1, 0.15) is 32.8 Å². The van der Waals surface area contributed by atoms with E-state index in [1.54, 1.807) is 22.8 Å². The van der Waals surface area contributed by atoms with Gasteiger partial charge in [-0.2, -0.15) is 0 Å². The summed E-state index contributed by atoms with van der Waals surface area (Å²) in [5, 5.41) is 0. The van der Waals surface area contributed by atoms with Crippen molar-refractivity contribution in [1.82, 2.24) is 9.29 Å². The Morgan fingerprint density at radius 2 is 1.86 bits per heavy atom. The van der Waals surface area contributed by atoms with Gasteiger partial charge >= 0.3 is 4.87 Å². The number of nitrogens with zero attached hydrogens (tertiary/aromatic N) is 1. The maximum atomic E-state index is 12.7. The highest BCUT2D eigenvalue weighted by atomic mass is 32.2. The number of aromatic nitrogens is 1. The van der Waals surface area contributed by atoms with Crippen LogP contribution >= 0.6 is 11.3 Å². The zero-order chi connectivity index (χ0) is 20.3. The SMILES string of the molecule is CCCn1c(=O)sc2cc(S(=O)(=O)NCc3ccc(OC(C)C)cc3)ccc21. The van der Waals surface area contributed by atoms with Gasteiger partial charge < -0.3 is 4.74 Å². The van der Waals surface area contributed by atoms with Crippen LogP contribution in [0.3, 0.4) is 0 Å². The molecular formula is C20H24N2O4S2. The first-order valence-electron chi connectivity index (χ1n) is 9.19. The molecule has 1 aromatic heterocycles. The van der Waals surface area contributed by atoms with E-state index in [9.17, 15) is 13.2 Å². The average molecular weight is 421 g/mol. The number of ether oxygens (including phenoxy) is 1. The molecule has 0 aliphatic heterocycles. The number of aryl methyl sites for hydroxylation is 1. The van der Waals surface area contributed by atoms with E-state index in [1.807, 2.05) is 45.0 Å². The van der Waals surface area contributed by atoms with Crippen molar-refractivity contribution < 1.29 is 13.2 Å². The third-order valence-electron chi connectivity index (χ3n) is 4.16. The van der Waals surface area contributed by atoms with E-state index >= 15 is 0 Å². The van der Waals surface area contributed by atoms with Crippen LogP contribution in [-0.4, -0.2) is 19.1 Å². The number of nitrogens with one attached hydrogen (secondary N) is 1. The predicted molar refractivity (Wildman–Crippen MR) is 113 cm³/mol. The lowest BCUT2D eigenvalue weighted by molar-refractivity contribution is 0.242. The van der Waals surface area contributed by atoms with E-state index < -0.39 is 10.0 Å². The summed E-state index contributed by atoms with van der Waals surface area (Å²) in [6, 6.07) is 12.1. The first kappa shape index (κ1) is 20.6. The Labute approximate surface area is 168 Å². The van der Waals surface area contributed by atoms with E-state index in [4.69, 9.17) is 4.74 Å². The first-order chi connectivity index (χ1) is 13.3. The zero-order valence-corrected chi connectivity index (χ0v) is 17.8. The van der Waals surface area contributed by atoms with Crippen molar-refractivity contribution >= 4 is 31.6 Å². The summed E-state index contributed by atoms with van der Waals surface area (Å²) in [4.78, 5) is 12.2. The standard InChI is InChI=1S/C20H24N2O4S2/c1-4-11-22-18-10-9-17(12-19(18)27-20(22)23)28(24,25)21-13-15-5-7-16(8-6-15)26-14(2)3/h5-10,12,14,21H,4,11,13H2,1-3H3. The summed E-state index contributed by atoms with van der Waals surface area (Å²) in [7, 11) is -3.68. The molecule has 0 unspecified atom stereocenters. The summed E-state index contributed by atoms with van der Waals surface area (Å²) in [6.07, 6.45) is 0.927. The van der Waals surface area contributed by atoms with Crippen molar-refractivity contribution in [1.29, 1.82) is 0 Å². The lowest BCUT2D eigenvalue weighted by Crippen LogP contribution is -2.23. The smallest absolute Gasteiger partial charge is 0.308 e. The van der Waals surface area contributed by atoms with Gasteiger partial charge in [0.25, 0.3) is 0 Å². The van der Waals surface area contributed by atoms with Crippen molar-refractivity contribution in [3.8, 4) is 5.75 Å². The molecule has 1 heterocycles. The molecule has 3 rings (SSSR count). The second-order valence-corrected chi connectivity index (χ2v) is 9.54. The quantitative estimate of drug-likeness (QED) is 0.602. The Kier molecular flexibility index (Phi) is 6.22. The van der Waals surface area contributed by atoms with Crippen LogP contribution in [-0.2, 0) is 23.1 Å². The minimum atomic E-state index is -3.68. The van der Waals surface area contributed by atoms with Gasteiger partial charge in [-0.1, -0.05) is 30.4 Å². The van der Waals surface area contributed by atoms with Crippen molar-refractivity contribution in [3.63, 3.8) is 0 Å². The number of rotatable bonds is 8. The molecule has 0 saturated heterocycles. The molecule has 28 heavy (non-hydrogen) atoms. The topological polar surface area (TPSA) is 77.4 Å². The Morgan fingerprint density at radius 1 is 1.14 bits per heavy atom. The van der Waals surface area contributed by atoms with Crippen molar-refractivity contribution in [2.75, 3.05) is 0 Å². The molecule has 0 aliphatic carbocycles. The molecule has 0 radical (unpaired) electrons. The monoisotopic (exact) mass is 420 g/mol. The highest BCUT2D eigenvalue weighted by Crippen LogP contribution is 2.22. The minimum Gasteiger partial charge on any atom is -0.491 e. The summed E-state index contributed by atoms with van der Waals surface area (Å²) in [5.41, 5.74) is 1.61. The van der Waals surface area contributed by atoms with Crippen molar-refractivity contribution in [3.05, 3.63) is 57.7 Å². The Morgan fingerprint density at radius 3 is 2.50 bits per heavy atom. The van der Waals surface area contributed by atoms with Crippen molar-refractivity contribution in [2.45, 2.75) is 51.3 Å². The van der Waals surface area contributed by atoms with Gasteiger partial charge in [0.1, 0.15) is 5.75 Å². The van der Waals surface area contributed by atoms with E-state index in [0.29, 0.717) is 11.2 Å². The number of sulfonamides is 1. The molecule has 3 aromatic rings. The van der Waals surface area contributed by atoms with Crippen LogP contribution < -0.4 is 14.3 Å². The van der Waals surface area contributed by atoms with Gasteiger partial charge in [0.05, 0.1) is 21.2 Å². The molecule has 0 spiro atoms. The van der Waals surface area contributed by atoms with Gasteiger partial charge in [-0.25, -0.2) is 13.1 Å². The Bertz CT molecular complexity index is 1110. The predicted octanol–water partition coefficient (Wildman–Crippen LogP) is 3.74. The van der Waals surface area contributed by atoms with E-state index in [-0.39, 0.29) is 22.4 Å². The summed E-state index contributed by atoms with van der Waals surface area (Å²) in [6.45, 7) is 6.70. The van der Waals surface area contributed by atoms with Gasteiger partial charge in [-0.15, -0.1) is 0 Å². The summed E-state index contributed by atoms with van der Waals surface area (Å²) in [5.74, 6) is 0.749. The fourth-order valence-electron chi connectivity index (χ4n) is 2.87. The molecular weight excluding hydrogens is 396 g/mol. The maximum Gasteiger partial charge on any atom is 0.308 e. The summed E-state index contributed by atoms with van der Waals surface area (Å²) >= 11 is 1.07. The van der Waals surface area contributed by atoms with Crippen molar-refractivity contribution in [2.24, 2.45) is 0 Å². The number of thiazole rings is 1. The van der Waals surface area contributed by atoms with Crippen LogP contribution in [0.25, 0.3) is 10.2 Å². The third-order valence-corrected chi connectivity index (χ3v) is 6.50. The van der Waals surface area contributed by atoms with Gasteiger partial charge in [-0.05, 0) is 56.2 Å². The van der Waals surface area contributed by atoms with Crippen LogP contribution in [0.15, 0.2) is 52.2 Å². The fraction of sp³-hybridized carbons (Fsp3) is 0.350.